The molecule has 6 heteroatoms. The Morgan fingerprint density at radius 2 is 2.16 bits per heavy atom. The first-order valence-electron chi connectivity index (χ1n) is 5.76. The molecule has 2 aromatic rings. The van der Waals surface area contributed by atoms with Gasteiger partial charge in [0, 0.05) is 23.9 Å². The lowest BCUT2D eigenvalue weighted by Gasteiger charge is -2.08. The molecule has 0 unspecified atom stereocenters. The number of anilines is 1. The molecule has 2 rings (SSSR count). The van der Waals surface area contributed by atoms with Crippen LogP contribution in [0, 0.1) is 3.57 Å². The van der Waals surface area contributed by atoms with Crippen LogP contribution in [0.4, 0.5) is 14.6 Å². The van der Waals surface area contributed by atoms with Crippen LogP contribution in [0.5, 0.6) is 0 Å². The molecule has 100 valence electrons. The highest BCUT2D eigenvalue weighted by molar-refractivity contribution is 14.1. The molecule has 0 bridgehead atoms. The van der Waals surface area contributed by atoms with Crippen LogP contribution < -0.4 is 5.32 Å². The molecule has 0 fully saturated rings. The minimum absolute atomic E-state index is 0.0235. The number of rotatable bonds is 4. The SMILES string of the molecule is CCNc1nc(-c2cccc(C(F)F)c2)ncc1I. The van der Waals surface area contributed by atoms with E-state index in [4.69, 9.17) is 0 Å². The summed E-state index contributed by atoms with van der Waals surface area (Å²) in [4.78, 5) is 8.55. The van der Waals surface area contributed by atoms with E-state index in [9.17, 15) is 8.78 Å². The Kier molecular flexibility index (Phi) is 4.62. The van der Waals surface area contributed by atoms with Crippen molar-refractivity contribution in [2.24, 2.45) is 0 Å². The summed E-state index contributed by atoms with van der Waals surface area (Å²) in [6.07, 6.45) is -0.812. The largest absolute Gasteiger partial charge is 0.369 e. The summed E-state index contributed by atoms with van der Waals surface area (Å²) in [6.45, 7) is 2.71. The van der Waals surface area contributed by atoms with Crippen molar-refractivity contribution >= 4 is 28.4 Å². The molecular formula is C13H12F2IN3. The third-order valence-corrected chi connectivity index (χ3v) is 3.27. The Morgan fingerprint density at radius 3 is 2.84 bits per heavy atom. The van der Waals surface area contributed by atoms with Gasteiger partial charge in [-0.15, -0.1) is 0 Å². The van der Waals surface area contributed by atoms with Crippen LogP contribution in [-0.4, -0.2) is 16.5 Å². The van der Waals surface area contributed by atoms with Crippen molar-refractivity contribution in [1.29, 1.82) is 0 Å². The minimum Gasteiger partial charge on any atom is -0.369 e. The Hall–Kier alpha value is -1.31. The first-order valence-corrected chi connectivity index (χ1v) is 6.84. The second-order valence-electron chi connectivity index (χ2n) is 3.85. The summed E-state index contributed by atoms with van der Waals surface area (Å²) in [5.74, 6) is 1.16. The van der Waals surface area contributed by atoms with E-state index >= 15 is 0 Å². The van der Waals surface area contributed by atoms with Gasteiger partial charge in [0.05, 0.1) is 3.57 Å². The number of hydrogen-bond donors (Lipinski definition) is 1. The van der Waals surface area contributed by atoms with Gasteiger partial charge in [-0.25, -0.2) is 18.7 Å². The van der Waals surface area contributed by atoms with Crippen molar-refractivity contribution < 1.29 is 8.78 Å². The second-order valence-corrected chi connectivity index (χ2v) is 5.01. The van der Waals surface area contributed by atoms with Crippen molar-refractivity contribution in [2.45, 2.75) is 13.3 Å². The Bertz CT molecular complexity index is 576. The van der Waals surface area contributed by atoms with Crippen LogP contribution in [0.3, 0.4) is 0 Å². The van der Waals surface area contributed by atoms with E-state index in [2.05, 4.69) is 37.9 Å². The fourth-order valence-electron chi connectivity index (χ4n) is 1.61. The number of benzene rings is 1. The zero-order valence-corrected chi connectivity index (χ0v) is 12.4. The van der Waals surface area contributed by atoms with Crippen molar-refractivity contribution in [3.63, 3.8) is 0 Å². The lowest BCUT2D eigenvalue weighted by Crippen LogP contribution is -2.03. The number of halogens is 3. The number of hydrogen-bond acceptors (Lipinski definition) is 3. The van der Waals surface area contributed by atoms with Gasteiger partial charge in [-0.3, -0.25) is 0 Å². The first-order chi connectivity index (χ1) is 9.11. The van der Waals surface area contributed by atoms with E-state index in [-0.39, 0.29) is 5.56 Å². The molecule has 0 aliphatic heterocycles. The highest BCUT2D eigenvalue weighted by Crippen LogP contribution is 2.25. The molecule has 0 amide bonds. The fraction of sp³-hybridized carbons (Fsp3) is 0.231. The Balaban J connectivity index is 2.41. The van der Waals surface area contributed by atoms with E-state index < -0.39 is 6.43 Å². The molecule has 0 saturated heterocycles. The number of alkyl halides is 2. The average molecular weight is 375 g/mol. The van der Waals surface area contributed by atoms with Crippen molar-refractivity contribution in [3.05, 3.63) is 39.6 Å². The number of aromatic nitrogens is 2. The average Bonchev–Trinajstić information content (AvgIpc) is 2.41. The second kappa shape index (κ2) is 6.23. The van der Waals surface area contributed by atoms with Crippen LogP contribution in [-0.2, 0) is 0 Å². The van der Waals surface area contributed by atoms with E-state index in [1.807, 2.05) is 6.92 Å². The van der Waals surface area contributed by atoms with Gasteiger partial charge in [-0.2, -0.15) is 0 Å². The Labute approximate surface area is 123 Å². The van der Waals surface area contributed by atoms with E-state index in [1.54, 1.807) is 18.3 Å². The summed E-state index contributed by atoms with van der Waals surface area (Å²) in [5.41, 5.74) is 0.568. The van der Waals surface area contributed by atoms with Crippen molar-refractivity contribution in [3.8, 4) is 11.4 Å². The molecule has 1 aromatic heterocycles. The summed E-state index contributed by atoms with van der Waals surface area (Å²) in [6, 6.07) is 6.13. The van der Waals surface area contributed by atoms with Gasteiger partial charge in [0.2, 0.25) is 0 Å². The lowest BCUT2D eigenvalue weighted by atomic mass is 10.1. The van der Waals surface area contributed by atoms with Gasteiger partial charge in [-0.1, -0.05) is 18.2 Å². The van der Waals surface area contributed by atoms with Gasteiger partial charge in [-0.05, 0) is 35.6 Å². The van der Waals surface area contributed by atoms with Crippen LogP contribution >= 0.6 is 22.6 Å². The molecular weight excluding hydrogens is 363 g/mol. The first kappa shape index (κ1) is 14.1. The molecule has 0 spiro atoms. The molecule has 3 nitrogen and oxygen atoms in total. The molecule has 1 N–H and O–H groups in total. The summed E-state index contributed by atoms with van der Waals surface area (Å²) >= 11 is 2.13. The van der Waals surface area contributed by atoms with Crippen LogP contribution in [0.1, 0.15) is 18.9 Å². The minimum atomic E-state index is -2.49. The molecule has 0 aliphatic carbocycles. The van der Waals surface area contributed by atoms with E-state index in [1.165, 1.54) is 12.1 Å². The maximum absolute atomic E-state index is 12.7. The van der Waals surface area contributed by atoms with Gasteiger partial charge in [0.15, 0.2) is 5.82 Å². The molecule has 1 heterocycles. The molecule has 19 heavy (non-hydrogen) atoms. The molecule has 0 saturated carbocycles. The molecule has 0 radical (unpaired) electrons. The smallest absolute Gasteiger partial charge is 0.263 e. The quantitative estimate of drug-likeness (QED) is 0.818. The molecule has 0 aliphatic rings. The number of nitrogens with zero attached hydrogens (tertiary/aromatic N) is 2. The van der Waals surface area contributed by atoms with Crippen LogP contribution in [0.25, 0.3) is 11.4 Å². The maximum Gasteiger partial charge on any atom is 0.263 e. The number of nitrogens with one attached hydrogen (secondary N) is 1. The highest BCUT2D eigenvalue weighted by atomic mass is 127. The van der Waals surface area contributed by atoms with E-state index in [0.29, 0.717) is 11.4 Å². The lowest BCUT2D eigenvalue weighted by molar-refractivity contribution is 0.151. The summed E-state index contributed by atoms with van der Waals surface area (Å²) < 4.78 is 26.2. The third-order valence-electron chi connectivity index (χ3n) is 2.49. The predicted molar refractivity (Wildman–Crippen MR) is 79.3 cm³/mol. The van der Waals surface area contributed by atoms with Crippen LogP contribution in [0.15, 0.2) is 30.5 Å². The fourth-order valence-corrected chi connectivity index (χ4v) is 2.06. The normalized spacial score (nSPS) is 10.8. The molecule has 0 atom stereocenters. The monoisotopic (exact) mass is 375 g/mol. The van der Waals surface area contributed by atoms with Gasteiger partial charge in [0.1, 0.15) is 5.82 Å². The van der Waals surface area contributed by atoms with Gasteiger partial charge >= 0.3 is 0 Å². The highest BCUT2D eigenvalue weighted by Gasteiger charge is 2.10. The van der Waals surface area contributed by atoms with Crippen molar-refractivity contribution in [2.75, 3.05) is 11.9 Å². The predicted octanol–water partition coefficient (Wildman–Crippen LogP) is 4.12. The standard InChI is InChI=1S/C13H12F2IN3/c1-2-17-13-10(16)7-18-12(19-13)9-5-3-4-8(6-9)11(14)15/h3-7,11H,2H2,1H3,(H,17,18,19). The zero-order chi connectivity index (χ0) is 13.8. The van der Waals surface area contributed by atoms with Gasteiger partial charge in [0.25, 0.3) is 6.43 Å². The topological polar surface area (TPSA) is 37.8 Å². The van der Waals surface area contributed by atoms with Crippen LogP contribution in [0.2, 0.25) is 0 Å². The van der Waals surface area contributed by atoms with Gasteiger partial charge < -0.3 is 5.32 Å². The molecule has 1 aromatic carbocycles. The van der Waals surface area contributed by atoms with Crippen molar-refractivity contribution in [1.82, 2.24) is 9.97 Å². The zero-order valence-electron chi connectivity index (χ0n) is 10.2. The Morgan fingerprint density at radius 1 is 1.37 bits per heavy atom. The van der Waals surface area contributed by atoms with E-state index in [0.717, 1.165) is 15.9 Å². The maximum atomic E-state index is 12.7. The summed E-state index contributed by atoms with van der Waals surface area (Å²) in [7, 11) is 0. The third kappa shape index (κ3) is 3.37. The summed E-state index contributed by atoms with van der Waals surface area (Å²) in [5, 5.41) is 3.12.